The van der Waals surface area contributed by atoms with E-state index in [1.165, 1.54) is 9.87 Å². The third kappa shape index (κ3) is 5.51. The van der Waals surface area contributed by atoms with Crippen LogP contribution in [0.15, 0.2) is 41.3 Å². The van der Waals surface area contributed by atoms with E-state index in [-0.39, 0.29) is 11.8 Å². The average Bonchev–Trinajstić information content (AvgIpc) is 2.73. The van der Waals surface area contributed by atoms with Crippen LogP contribution in [0.25, 0.3) is 0 Å². The summed E-state index contributed by atoms with van der Waals surface area (Å²) < 4.78 is 33.8. The standard InChI is InChI=1S/C25H34N2O4S/c1-18-6-8-23(9-7-18)31-15-14-26(5)25(28)22-10-12-27(13-11-22)32(29,30)24-20(3)16-19(2)17-21(24)4/h6-9,16-17,22H,10-15H2,1-5H3. The Kier molecular flexibility index (Phi) is 7.62. The quantitative estimate of drug-likeness (QED) is 0.632. The van der Waals surface area contributed by atoms with Gasteiger partial charge in [-0.1, -0.05) is 35.4 Å². The molecule has 1 aliphatic rings. The molecule has 2 aromatic carbocycles. The van der Waals surface area contributed by atoms with Crippen molar-refractivity contribution in [2.24, 2.45) is 5.92 Å². The second-order valence-electron chi connectivity index (χ2n) is 8.83. The van der Waals surface area contributed by atoms with Crippen LogP contribution in [-0.4, -0.2) is 56.8 Å². The molecule has 1 saturated heterocycles. The van der Waals surface area contributed by atoms with Crippen molar-refractivity contribution in [3.05, 3.63) is 58.7 Å². The number of rotatable bonds is 7. The highest BCUT2D eigenvalue weighted by atomic mass is 32.2. The first-order chi connectivity index (χ1) is 15.1. The van der Waals surface area contributed by atoms with Gasteiger partial charge in [-0.05, 0) is 63.8 Å². The zero-order valence-electron chi connectivity index (χ0n) is 19.7. The molecule has 0 radical (unpaired) electrons. The number of carbonyl (C=O) groups is 1. The molecule has 1 amide bonds. The summed E-state index contributed by atoms with van der Waals surface area (Å²) in [4.78, 5) is 15.0. The van der Waals surface area contributed by atoms with Crippen LogP contribution in [0.3, 0.4) is 0 Å². The number of nitrogens with zero attached hydrogens (tertiary/aromatic N) is 2. The molecule has 0 aliphatic carbocycles. The smallest absolute Gasteiger partial charge is 0.243 e. The molecule has 0 N–H and O–H groups in total. The number of likely N-dealkylation sites (N-methyl/N-ethyl adjacent to an activating group) is 1. The molecule has 7 heteroatoms. The van der Waals surface area contributed by atoms with Crippen molar-refractivity contribution in [2.45, 2.75) is 45.4 Å². The van der Waals surface area contributed by atoms with Crippen LogP contribution >= 0.6 is 0 Å². The summed E-state index contributed by atoms with van der Waals surface area (Å²) in [5.41, 5.74) is 3.77. The molecule has 0 bridgehead atoms. The van der Waals surface area contributed by atoms with Gasteiger partial charge < -0.3 is 9.64 Å². The maximum atomic E-state index is 13.3. The maximum absolute atomic E-state index is 13.3. The number of hydrogen-bond donors (Lipinski definition) is 0. The summed E-state index contributed by atoms with van der Waals surface area (Å²) in [6.45, 7) is 9.31. The second-order valence-corrected chi connectivity index (χ2v) is 10.7. The van der Waals surface area contributed by atoms with Crippen molar-refractivity contribution in [3.8, 4) is 5.75 Å². The molecule has 0 unspecified atom stereocenters. The lowest BCUT2D eigenvalue weighted by Gasteiger charge is -2.33. The van der Waals surface area contributed by atoms with E-state index in [2.05, 4.69) is 0 Å². The van der Waals surface area contributed by atoms with Gasteiger partial charge >= 0.3 is 0 Å². The van der Waals surface area contributed by atoms with Crippen LogP contribution in [-0.2, 0) is 14.8 Å². The Bertz CT molecular complexity index is 1030. The molecule has 3 rings (SSSR count). The van der Waals surface area contributed by atoms with Crippen molar-refractivity contribution < 1.29 is 17.9 Å². The Morgan fingerprint density at radius 2 is 1.56 bits per heavy atom. The molecule has 1 fully saturated rings. The fourth-order valence-corrected chi connectivity index (χ4v) is 6.28. The van der Waals surface area contributed by atoms with E-state index in [1.54, 1.807) is 11.9 Å². The van der Waals surface area contributed by atoms with Crippen LogP contribution in [0.5, 0.6) is 5.75 Å². The number of carbonyl (C=O) groups excluding carboxylic acids is 1. The number of benzene rings is 2. The Labute approximate surface area is 192 Å². The zero-order chi connectivity index (χ0) is 23.5. The minimum atomic E-state index is -3.57. The molecule has 2 aromatic rings. The van der Waals surface area contributed by atoms with Crippen molar-refractivity contribution >= 4 is 15.9 Å². The topological polar surface area (TPSA) is 66.9 Å². The third-order valence-corrected chi connectivity index (χ3v) is 8.30. The van der Waals surface area contributed by atoms with Gasteiger partial charge in [0, 0.05) is 26.1 Å². The van der Waals surface area contributed by atoms with E-state index in [1.807, 2.05) is 64.1 Å². The van der Waals surface area contributed by atoms with E-state index in [0.29, 0.717) is 44.0 Å². The van der Waals surface area contributed by atoms with Gasteiger partial charge in [-0.2, -0.15) is 4.31 Å². The van der Waals surface area contributed by atoms with Crippen LogP contribution in [0.4, 0.5) is 0 Å². The van der Waals surface area contributed by atoms with Crippen molar-refractivity contribution in [1.82, 2.24) is 9.21 Å². The molecule has 0 spiro atoms. The molecular weight excluding hydrogens is 424 g/mol. The summed E-state index contributed by atoms with van der Waals surface area (Å²) in [7, 11) is -1.79. The first kappa shape index (κ1) is 24.3. The van der Waals surface area contributed by atoms with Gasteiger partial charge in [0.25, 0.3) is 0 Å². The SMILES string of the molecule is Cc1ccc(OCCN(C)C(=O)C2CCN(S(=O)(=O)c3c(C)cc(C)cc3C)CC2)cc1. The fourth-order valence-electron chi connectivity index (χ4n) is 4.40. The van der Waals surface area contributed by atoms with Gasteiger partial charge in [0.15, 0.2) is 0 Å². The Morgan fingerprint density at radius 1 is 1.00 bits per heavy atom. The molecule has 0 aromatic heterocycles. The largest absolute Gasteiger partial charge is 0.492 e. The van der Waals surface area contributed by atoms with E-state index < -0.39 is 10.0 Å². The number of aryl methyl sites for hydroxylation is 4. The minimum absolute atomic E-state index is 0.0530. The first-order valence-electron chi connectivity index (χ1n) is 11.1. The minimum Gasteiger partial charge on any atom is -0.492 e. The van der Waals surface area contributed by atoms with Gasteiger partial charge in [0.05, 0.1) is 11.4 Å². The molecule has 6 nitrogen and oxygen atoms in total. The zero-order valence-corrected chi connectivity index (χ0v) is 20.5. The molecule has 174 valence electrons. The summed E-state index contributed by atoms with van der Waals surface area (Å²) in [6.07, 6.45) is 1.07. The summed E-state index contributed by atoms with van der Waals surface area (Å²) in [6, 6.07) is 11.6. The highest BCUT2D eigenvalue weighted by Crippen LogP contribution is 2.29. The highest BCUT2D eigenvalue weighted by Gasteiger charge is 2.34. The molecular formula is C25H34N2O4S. The number of ether oxygens (including phenoxy) is 1. The Balaban J connectivity index is 1.54. The van der Waals surface area contributed by atoms with E-state index in [4.69, 9.17) is 4.74 Å². The van der Waals surface area contributed by atoms with Crippen LogP contribution in [0.1, 0.15) is 35.1 Å². The van der Waals surface area contributed by atoms with Crippen LogP contribution in [0.2, 0.25) is 0 Å². The molecule has 0 saturated carbocycles. The average molecular weight is 459 g/mol. The van der Waals surface area contributed by atoms with Gasteiger partial charge in [0.2, 0.25) is 15.9 Å². The van der Waals surface area contributed by atoms with Crippen molar-refractivity contribution in [1.29, 1.82) is 0 Å². The molecule has 1 heterocycles. The summed E-state index contributed by atoms with van der Waals surface area (Å²) in [5.74, 6) is 0.681. The van der Waals surface area contributed by atoms with Crippen molar-refractivity contribution in [2.75, 3.05) is 33.3 Å². The first-order valence-corrected chi connectivity index (χ1v) is 12.6. The van der Waals surface area contributed by atoms with Gasteiger partial charge in [-0.3, -0.25) is 4.79 Å². The molecule has 0 atom stereocenters. The predicted octanol–water partition coefficient (Wildman–Crippen LogP) is 3.86. The number of sulfonamides is 1. The normalized spacial score (nSPS) is 15.5. The lowest BCUT2D eigenvalue weighted by molar-refractivity contribution is -0.135. The van der Waals surface area contributed by atoms with E-state index >= 15 is 0 Å². The lowest BCUT2D eigenvalue weighted by Crippen LogP contribution is -2.44. The summed E-state index contributed by atoms with van der Waals surface area (Å²) >= 11 is 0. The van der Waals surface area contributed by atoms with Gasteiger partial charge in [0.1, 0.15) is 12.4 Å². The maximum Gasteiger partial charge on any atom is 0.243 e. The van der Waals surface area contributed by atoms with Crippen LogP contribution < -0.4 is 4.74 Å². The number of amides is 1. The van der Waals surface area contributed by atoms with Gasteiger partial charge in [-0.25, -0.2) is 8.42 Å². The van der Waals surface area contributed by atoms with E-state index in [0.717, 1.165) is 22.4 Å². The predicted molar refractivity (Wildman–Crippen MR) is 126 cm³/mol. The second kappa shape index (κ2) is 10.0. The van der Waals surface area contributed by atoms with Crippen molar-refractivity contribution in [3.63, 3.8) is 0 Å². The fraction of sp³-hybridized carbons (Fsp3) is 0.480. The Morgan fingerprint density at radius 3 is 2.12 bits per heavy atom. The molecule has 1 aliphatic heterocycles. The summed E-state index contributed by atoms with van der Waals surface area (Å²) in [5, 5.41) is 0. The van der Waals surface area contributed by atoms with E-state index in [9.17, 15) is 13.2 Å². The highest BCUT2D eigenvalue weighted by molar-refractivity contribution is 7.89. The number of hydrogen-bond acceptors (Lipinski definition) is 4. The third-order valence-electron chi connectivity index (χ3n) is 6.10. The van der Waals surface area contributed by atoms with Crippen LogP contribution in [0, 0.1) is 33.6 Å². The number of piperidine rings is 1. The molecule has 32 heavy (non-hydrogen) atoms. The lowest BCUT2D eigenvalue weighted by atomic mass is 9.97. The Hall–Kier alpha value is -2.38. The van der Waals surface area contributed by atoms with Gasteiger partial charge in [-0.15, -0.1) is 0 Å². The monoisotopic (exact) mass is 458 g/mol.